The maximum atomic E-state index is 4.98. The summed E-state index contributed by atoms with van der Waals surface area (Å²) in [5, 5.41) is 3.19. The molecule has 0 aliphatic carbocycles. The second-order valence-corrected chi connectivity index (χ2v) is 4.24. The summed E-state index contributed by atoms with van der Waals surface area (Å²) in [5.41, 5.74) is 1.10. The minimum Gasteiger partial charge on any atom is -0.385 e. The van der Waals surface area contributed by atoms with Crippen molar-refractivity contribution in [1.29, 1.82) is 0 Å². The number of rotatable bonds is 7. The van der Waals surface area contributed by atoms with E-state index in [4.69, 9.17) is 4.74 Å². The van der Waals surface area contributed by atoms with Crippen LogP contribution in [0.15, 0.2) is 12.3 Å². The van der Waals surface area contributed by atoms with Crippen LogP contribution in [0, 0.1) is 5.92 Å². The van der Waals surface area contributed by atoms with E-state index in [1.54, 1.807) is 7.11 Å². The molecule has 0 atom stereocenters. The van der Waals surface area contributed by atoms with Gasteiger partial charge in [-0.05, 0) is 24.8 Å². The average molecular weight is 223 g/mol. The van der Waals surface area contributed by atoms with Gasteiger partial charge >= 0.3 is 0 Å². The fourth-order valence-electron chi connectivity index (χ4n) is 1.43. The molecular formula is C12H21N3O. The molecule has 0 aliphatic heterocycles. The first-order chi connectivity index (χ1) is 7.72. The zero-order valence-corrected chi connectivity index (χ0v) is 10.4. The molecule has 1 heterocycles. The van der Waals surface area contributed by atoms with E-state index in [1.807, 2.05) is 12.3 Å². The van der Waals surface area contributed by atoms with Gasteiger partial charge in [-0.15, -0.1) is 0 Å². The van der Waals surface area contributed by atoms with Crippen molar-refractivity contribution < 1.29 is 4.74 Å². The number of hydrogen-bond acceptors (Lipinski definition) is 4. The molecule has 1 rings (SSSR count). The zero-order valence-electron chi connectivity index (χ0n) is 10.4. The van der Waals surface area contributed by atoms with Gasteiger partial charge in [0, 0.05) is 32.2 Å². The number of methoxy groups -OCH3 is 1. The van der Waals surface area contributed by atoms with E-state index < -0.39 is 0 Å². The minimum absolute atomic E-state index is 0.622. The van der Waals surface area contributed by atoms with Gasteiger partial charge in [-0.2, -0.15) is 0 Å². The SMILES string of the molecule is COCCCNc1nccc(CC(C)C)n1. The predicted molar refractivity (Wildman–Crippen MR) is 65.6 cm³/mol. The molecule has 90 valence electrons. The Morgan fingerprint density at radius 1 is 1.44 bits per heavy atom. The van der Waals surface area contributed by atoms with Crippen LogP contribution in [0.2, 0.25) is 0 Å². The Morgan fingerprint density at radius 3 is 2.94 bits per heavy atom. The number of hydrogen-bond donors (Lipinski definition) is 1. The third-order valence-corrected chi connectivity index (χ3v) is 2.14. The van der Waals surface area contributed by atoms with Gasteiger partial charge in [0.25, 0.3) is 0 Å². The van der Waals surface area contributed by atoms with Gasteiger partial charge in [0.15, 0.2) is 0 Å². The first-order valence-corrected chi connectivity index (χ1v) is 5.77. The maximum absolute atomic E-state index is 4.98. The summed E-state index contributed by atoms with van der Waals surface area (Å²) in [5.74, 6) is 1.34. The lowest BCUT2D eigenvalue weighted by atomic mass is 10.1. The standard InChI is InChI=1S/C12H21N3O/c1-10(2)9-11-5-7-14-12(15-11)13-6-4-8-16-3/h5,7,10H,4,6,8-9H2,1-3H3,(H,13,14,15). The first-order valence-electron chi connectivity index (χ1n) is 5.77. The van der Waals surface area contributed by atoms with Crippen LogP contribution in [0.25, 0.3) is 0 Å². The molecule has 0 saturated heterocycles. The highest BCUT2D eigenvalue weighted by molar-refractivity contribution is 5.24. The lowest BCUT2D eigenvalue weighted by Crippen LogP contribution is -2.09. The molecule has 0 bridgehead atoms. The fraction of sp³-hybridized carbons (Fsp3) is 0.667. The van der Waals surface area contributed by atoms with Gasteiger partial charge in [-0.25, -0.2) is 9.97 Å². The largest absolute Gasteiger partial charge is 0.385 e. The van der Waals surface area contributed by atoms with Crippen molar-refractivity contribution in [2.24, 2.45) is 5.92 Å². The molecule has 0 amide bonds. The summed E-state index contributed by atoms with van der Waals surface area (Å²) in [4.78, 5) is 8.63. The molecule has 1 N–H and O–H groups in total. The monoisotopic (exact) mass is 223 g/mol. The Bertz CT molecular complexity index is 302. The van der Waals surface area contributed by atoms with E-state index in [2.05, 4.69) is 29.1 Å². The minimum atomic E-state index is 0.622. The third-order valence-electron chi connectivity index (χ3n) is 2.14. The fourth-order valence-corrected chi connectivity index (χ4v) is 1.43. The molecular weight excluding hydrogens is 202 g/mol. The van der Waals surface area contributed by atoms with Crippen LogP contribution in [0.3, 0.4) is 0 Å². The van der Waals surface area contributed by atoms with Crippen LogP contribution in [0.5, 0.6) is 0 Å². The number of aromatic nitrogens is 2. The van der Waals surface area contributed by atoms with E-state index >= 15 is 0 Å². The summed E-state index contributed by atoms with van der Waals surface area (Å²) < 4.78 is 4.98. The van der Waals surface area contributed by atoms with E-state index in [9.17, 15) is 0 Å². The number of anilines is 1. The normalized spacial score (nSPS) is 10.8. The number of nitrogens with zero attached hydrogens (tertiary/aromatic N) is 2. The van der Waals surface area contributed by atoms with Gasteiger partial charge < -0.3 is 10.1 Å². The summed E-state index contributed by atoms with van der Waals surface area (Å²) in [7, 11) is 1.71. The highest BCUT2D eigenvalue weighted by Crippen LogP contribution is 2.06. The highest BCUT2D eigenvalue weighted by Gasteiger charge is 2.01. The second kappa shape index (κ2) is 7.17. The summed E-state index contributed by atoms with van der Waals surface area (Å²) in [6, 6.07) is 1.97. The van der Waals surface area contributed by atoms with Crippen LogP contribution in [0.1, 0.15) is 26.0 Å². The van der Waals surface area contributed by atoms with Crippen molar-refractivity contribution in [1.82, 2.24) is 9.97 Å². The Hall–Kier alpha value is -1.16. The smallest absolute Gasteiger partial charge is 0.222 e. The Labute approximate surface area is 97.5 Å². The third kappa shape index (κ3) is 5.07. The molecule has 0 aliphatic rings. The molecule has 0 saturated carbocycles. The number of nitrogens with one attached hydrogen (secondary N) is 1. The van der Waals surface area contributed by atoms with E-state index in [0.717, 1.165) is 31.7 Å². The summed E-state index contributed by atoms with van der Waals surface area (Å²) in [6.45, 7) is 5.99. The summed E-state index contributed by atoms with van der Waals surface area (Å²) >= 11 is 0. The lowest BCUT2D eigenvalue weighted by molar-refractivity contribution is 0.197. The molecule has 0 fully saturated rings. The Kier molecular flexibility index (Phi) is 5.78. The maximum Gasteiger partial charge on any atom is 0.222 e. The number of ether oxygens (including phenoxy) is 1. The van der Waals surface area contributed by atoms with Crippen LogP contribution < -0.4 is 5.32 Å². The Balaban J connectivity index is 2.41. The van der Waals surface area contributed by atoms with Gasteiger partial charge in [-0.1, -0.05) is 13.8 Å². The average Bonchev–Trinajstić information content (AvgIpc) is 2.24. The molecule has 1 aromatic rings. The van der Waals surface area contributed by atoms with Crippen molar-refractivity contribution in [3.8, 4) is 0 Å². The molecule has 16 heavy (non-hydrogen) atoms. The van der Waals surface area contributed by atoms with Crippen LogP contribution in [0.4, 0.5) is 5.95 Å². The first kappa shape index (κ1) is 12.9. The van der Waals surface area contributed by atoms with Crippen molar-refractivity contribution in [3.63, 3.8) is 0 Å². The van der Waals surface area contributed by atoms with Gasteiger partial charge in [0.05, 0.1) is 0 Å². The summed E-state index contributed by atoms with van der Waals surface area (Å²) in [6.07, 6.45) is 3.77. The second-order valence-electron chi connectivity index (χ2n) is 4.24. The Morgan fingerprint density at radius 2 is 2.25 bits per heavy atom. The zero-order chi connectivity index (χ0) is 11.8. The van der Waals surface area contributed by atoms with Gasteiger partial charge in [0.2, 0.25) is 5.95 Å². The van der Waals surface area contributed by atoms with Crippen molar-refractivity contribution >= 4 is 5.95 Å². The van der Waals surface area contributed by atoms with Crippen LogP contribution >= 0.6 is 0 Å². The topological polar surface area (TPSA) is 47.0 Å². The molecule has 0 radical (unpaired) electrons. The van der Waals surface area contributed by atoms with Crippen molar-refractivity contribution in [3.05, 3.63) is 18.0 Å². The molecule has 4 heteroatoms. The predicted octanol–water partition coefficient (Wildman–Crippen LogP) is 2.12. The van der Waals surface area contributed by atoms with Gasteiger partial charge in [-0.3, -0.25) is 0 Å². The highest BCUT2D eigenvalue weighted by atomic mass is 16.5. The van der Waals surface area contributed by atoms with Crippen molar-refractivity contribution in [2.45, 2.75) is 26.7 Å². The molecule has 0 spiro atoms. The molecule has 0 unspecified atom stereocenters. The van der Waals surface area contributed by atoms with E-state index in [0.29, 0.717) is 11.9 Å². The lowest BCUT2D eigenvalue weighted by Gasteiger charge is -2.07. The molecule has 0 aromatic carbocycles. The van der Waals surface area contributed by atoms with Crippen LogP contribution in [-0.2, 0) is 11.2 Å². The molecule has 4 nitrogen and oxygen atoms in total. The quantitative estimate of drug-likeness (QED) is 0.719. The molecule has 1 aromatic heterocycles. The van der Waals surface area contributed by atoms with Gasteiger partial charge in [0.1, 0.15) is 0 Å². The van der Waals surface area contributed by atoms with E-state index in [1.165, 1.54) is 0 Å². The van der Waals surface area contributed by atoms with Crippen molar-refractivity contribution in [2.75, 3.05) is 25.6 Å². The van der Waals surface area contributed by atoms with Crippen LogP contribution in [-0.4, -0.2) is 30.2 Å². The van der Waals surface area contributed by atoms with E-state index in [-0.39, 0.29) is 0 Å².